The largest absolute Gasteiger partial charge is 0.472 e. The Morgan fingerprint density at radius 2 is 1.97 bits per heavy atom. The minimum atomic E-state index is 0.172. The van der Waals surface area contributed by atoms with Crippen LogP contribution in [0.5, 0.6) is 0 Å². The van der Waals surface area contributed by atoms with E-state index in [0.717, 1.165) is 49.4 Å². The number of rotatable bonds is 6. The molecule has 1 saturated heterocycles. The first-order chi connectivity index (χ1) is 14.7. The van der Waals surface area contributed by atoms with Gasteiger partial charge in [-0.3, -0.25) is 14.6 Å². The van der Waals surface area contributed by atoms with E-state index >= 15 is 0 Å². The molecule has 0 unspecified atom stereocenters. The first kappa shape index (κ1) is 19.2. The first-order valence-electron chi connectivity index (χ1n) is 10.5. The van der Waals surface area contributed by atoms with E-state index in [1.807, 2.05) is 36.1 Å². The molecule has 7 nitrogen and oxygen atoms in total. The minimum Gasteiger partial charge on any atom is -0.472 e. The molecular weight excluding hydrogens is 378 g/mol. The predicted octanol–water partition coefficient (Wildman–Crippen LogP) is 2.48. The molecule has 3 aromatic rings. The van der Waals surface area contributed by atoms with E-state index in [-0.39, 0.29) is 5.56 Å². The van der Waals surface area contributed by atoms with Gasteiger partial charge in [-0.1, -0.05) is 6.07 Å². The summed E-state index contributed by atoms with van der Waals surface area (Å²) in [4.78, 5) is 26.1. The monoisotopic (exact) mass is 405 g/mol. The fourth-order valence-electron chi connectivity index (χ4n) is 5.05. The number of fused-ring (bicyclic) bond motifs is 4. The second-order valence-electron chi connectivity index (χ2n) is 8.74. The normalized spacial score (nSPS) is 21.0. The summed E-state index contributed by atoms with van der Waals surface area (Å²) >= 11 is 0. The highest BCUT2D eigenvalue weighted by atomic mass is 16.3. The van der Waals surface area contributed by atoms with Crippen LogP contribution in [0.2, 0.25) is 0 Å². The molecular formula is C23H27N5O2. The van der Waals surface area contributed by atoms with Gasteiger partial charge in [-0.05, 0) is 31.5 Å². The third-order valence-corrected chi connectivity index (χ3v) is 6.25. The lowest BCUT2D eigenvalue weighted by atomic mass is 9.83. The summed E-state index contributed by atoms with van der Waals surface area (Å²) in [5.41, 5.74) is 4.49. The molecule has 2 aliphatic heterocycles. The Bertz CT molecular complexity index is 1050. The zero-order chi connectivity index (χ0) is 20.5. The molecule has 30 heavy (non-hydrogen) atoms. The summed E-state index contributed by atoms with van der Waals surface area (Å²) in [5.74, 6) is 0.921. The smallest absolute Gasteiger partial charge is 0.255 e. The van der Waals surface area contributed by atoms with Crippen LogP contribution in [0.15, 0.2) is 58.7 Å². The molecule has 156 valence electrons. The van der Waals surface area contributed by atoms with Crippen LogP contribution in [-0.2, 0) is 26.2 Å². The lowest BCUT2D eigenvalue weighted by molar-refractivity contribution is 0.114. The molecule has 7 heteroatoms. The molecule has 1 fully saturated rings. The lowest BCUT2D eigenvalue weighted by Gasteiger charge is -2.43. The van der Waals surface area contributed by atoms with Crippen LogP contribution < -0.4 is 5.56 Å². The number of likely N-dealkylation sites (tertiary alicyclic amines) is 1. The topological polar surface area (TPSA) is 67.4 Å². The second-order valence-corrected chi connectivity index (χ2v) is 8.74. The number of piperidine rings is 1. The van der Waals surface area contributed by atoms with E-state index in [2.05, 4.69) is 25.8 Å². The van der Waals surface area contributed by atoms with Crippen molar-refractivity contribution >= 4 is 0 Å². The number of furan rings is 1. The predicted molar refractivity (Wildman–Crippen MR) is 113 cm³/mol. The minimum absolute atomic E-state index is 0.172. The molecule has 2 bridgehead atoms. The molecule has 2 aliphatic rings. The van der Waals surface area contributed by atoms with E-state index < -0.39 is 0 Å². The maximum atomic E-state index is 13.2. The standard InChI is InChI=1S/C23H27N5O2/c1-26(9-17-4-5-30-15-17)13-20-2-3-22-21-6-18(12-28(22)23(20)29)10-27(14-21)11-19-7-24-16-25-8-19/h2-5,7-8,15-16,18,21H,6,9-14H2,1H3/t18-,21+/m0/s1. The van der Waals surface area contributed by atoms with Gasteiger partial charge < -0.3 is 8.98 Å². The fourth-order valence-corrected chi connectivity index (χ4v) is 5.05. The van der Waals surface area contributed by atoms with Crippen molar-refractivity contribution in [2.24, 2.45) is 5.92 Å². The van der Waals surface area contributed by atoms with E-state index in [1.165, 1.54) is 12.1 Å². The van der Waals surface area contributed by atoms with Crippen molar-refractivity contribution in [1.29, 1.82) is 0 Å². The van der Waals surface area contributed by atoms with Gasteiger partial charge in [-0.25, -0.2) is 9.97 Å². The van der Waals surface area contributed by atoms with Gasteiger partial charge in [0.2, 0.25) is 0 Å². The molecule has 2 atom stereocenters. The Morgan fingerprint density at radius 3 is 2.77 bits per heavy atom. The first-order valence-corrected chi connectivity index (χ1v) is 10.5. The van der Waals surface area contributed by atoms with Gasteiger partial charge in [0, 0.05) is 80.0 Å². The van der Waals surface area contributed by atoms with Gasteiger partial charge in [0.25, 0.3) is 5.56 Å². The SMILES string of the molecule is CN(Cc1ccoc1)Cc1ccc2n(c1=O)C[C@H]1C[C@@H]2CN(Cc2cncnc2)C1. The van der Waals surface area contributed by atoms with Crippen LogP contribution in [0.3, 0.4) is 0 Å². The lowest BCUT2D eigenvalue weighted by Crippen LogP contribution is -2.47. The molecule has 3 aromatic heterocycles. The van der Waals surface area contributed by atoms with Crippen LogP contribution in [0, 0.1) is 5.92 Å². The summed E-state index contributed by atoms with van der Waals surface area (Å²) in [7, 11) is 2.04. The maximum Gasteiger partial charge on any atom is 0.255 e. The number of hydrogen-bond acceptors (Lipinski definition) is 6. The average molecular weight is 406 g/mol. The highest BCUT2D eigenvalue weighted by molar-refractivity contribution is 5.23. The van der Waals surface area contributed by atoms with Crippen molar-refractivity contribution in [3.63, 3.8) is 0 Å². The van der Waals surface area contributed by atoms with Gasteiger partial charge >= 0.3 is 0 Å². The number of hydrogen-bond donors (Lipinski definition) is 0. The molecule has 0 N–H and O–H groups in total. The summed E-state index contributed by atoms with van der Waals surface area (Å²) in [6.45, 7) is 5.08. The molecule has 0 amide bonds. The number of nitrogens with zero attached hydrogens (tertiary/aromatic N) is 5. The average Bonchev–Trinajstić information content (AvgIpc) is 3.24. The van der Waals surface area contributed by atoms with E-state index in [9.17, 15) is 4.79 Å². The van der Waals surface area contributed by atoms with Crippen LogP contribution in [-0.4, -0.2) is 44.5 Å². The molecule has 0 aliphatic carbocycles. The Labute approximate surface area is 176 Å². The van der Waals surface area contributed by atoms with Gasteiger partial charge in [-0.2, -0.15) is 0 Å². The van der Waals surface area contributed by atoms with Crippen LogP contribution >= 0.6 is 0 Å². The molecule has 0 aromatic carbocycles. The van der Waals surface area contributed by atoms with Crippen molar-refractivity contribution in [3.05, 3.63) is 82.2 Å². The van der Waals surface area contributed by atoms with Crippen molar-refractivity contribution in [2.75, 3.05) is 20.1 Å². The van der Waals surface area contributed by atoms with Gasteiger partial charge in [0.15, 0.2) is 0 Å². The highest BCUT2D eigenvalue weighted by Crippen LogP contribution is 2.35. The molecule has 0 saturated carbocycles. The summed E-state index contributed by atoms with van der Waals surface area (Å²) in [5, 5.41) is 0. The van der Waals surface area contributed by atoms with Crippen molar-refractivity contribution in [1.82, 2.24) is 24.3 Å². The summed E-state index contributed by atoms with van der Waals surface area (Å²) in [6, 6.07) is 6.17. The highest BCUT2D eigenvalue weighted by Gasteiger charge is 2.34. The van der Waals surface area contributed by atoms with Crippen molar-refractivity contribution < 1.29 is 4.42 Å². The molecule has 5 rings (SSSR count). The number of aromatic nitrogens is 3. The van der Waals surface area contributed by atoms with E-state index in [0.29, 0.717) is 18.4 Å². The summed E-state index contributed by atoms with van der Waals surface area (Å²) < 4.78 is 7.19. The molecule has 0 radical (unpaired) electrons. The van der Waals surface area contributed by atoms with Crippen LogP contribution in [0.4, 0.5) is 0 Å². The van der Waals surface area contributed by atoms with Crippen molar-refractivity contribution in [3.8, 4) is 0 Å². The van der Waals surface area contributed by atoms with Gasteiger partial charge in [0.05, 0.1) is 12.5 Å². The Balaban J connectivity index is 1.31. The van der Waals surface area contributed by atoms with Crippen LogP contribution in [0.25, 0.3) is 0 Å². The Kier molecular flexibility index (Phi) is 5.23. The third-order valence-electron chi connectivity index (χ3n) is 6.25. The third kappa shape index (κ3) is 3.95. The second kappa shape index (κ2) is 8.16. The zero-order valence-corrected chi connectivity index (χ0v) is 17.3. The Morgan fingerprint density at radius 1 is 1.10 bits per heavy atom. The quantitative estimate of drug-likeness (QED) is 0.628. The van der Waals surface area contributed by atoms with Gasteiger partial charge in [0.1, 0.15) is 6.33 Å². The molecule has 5 heterocycles. The summed E-state index contributed by atoms with van der Waals surface area (Å²) in [6.07, 6.45) is 9.96. The van der Waals surface area contributed by atoms with Crippen LogP contribution in [0.1, 0.15) is 34.7 Å². The molecule has 0 spiro atoms. The maximum absolute atomic E-state index is 13.2. The van der Waals surface area contributed by atoms with E-state index in [1.54, 1.807) is 18.9 Å². The van der Waals surface area contributed by atoms with Crippen molar-refractivity contribution in [2.45, 2.75) is 38.5 Å². The fraction of sp³-hybridized carbons (Fsp3) is 0.435. The van der Waals surface area contributed by atoms with E-state index in [4.69, 9.17) is 4.42 Å². The number of pyridine rings is 1. The Hall–Kier alpha value is -2.77. The zero-order valence-electron chi connectivity index (χ0n) is 17.3. The van der Waals surface area contributed by atoms with Gasteiger partial charge in [-0.15, -0.1) is 0 Å².